The molecule has 0 saturated carbocycles. The second kappa shape index (κ2) is 6.20. The molecule has 0 aliphatic carbocycles. The number of rotatable bonds is 4. The Morgan fingerprint density at radius 1 is 1.05 bits per heavy atom. The van der Waals surface area contributed by atoms with Gasteiger partial charge in [0.25, 0.3) is 0 Å². The first-order valence-corrected chi connectivity index (χ1v) is 6.49. The zero-order valence-corrected chi connectivity index (χ0v) is 13.3. The Bertz CT molecular complexity index is 359. The molecule has 0 spiro atoms. The zero-order valence-electron chi connectivity index (χ0n) is 13.3. The normalized spacial score (nSPS) is 17.2. The Hall–Kier alpha value is -0.980. The van der Waals surface area contributed by atoms with Crippen molar-refractivity contribution in [3.05, 3.63) is 0 Å². The number of carbonyl (C=O) groups is 2. The Morgan fingerprint density at radius 2 is 1.50 bits per heavy atom. The molecule has 0 rings (SSSR count). The predicted molar refractivity (Wildman–Crippen MR) is 72.9 cm³/mol. The summed E-state index contributed by atoms with van der Waals surface area (Å²) in [6.07, 6.45) is -1.58. The van der Waals surface area contributed by atoms with Crippen molar-refractivity contribution in [2.24, 2.45) is 5.41 Å². The summed E-state index contributed by atoms with van der Waals surface area (Å²) in [4.78, 5) is 23.3. The van der Waals surface area contributed by atoms with Gasteiger partial charge in [-0.05, 0) is 27.7 Å². The van der Waals surface area contributed by atoms with Crippen LogP contribution in [-0.4, -0.2) is 46.1 Å². The molecular weight excluding hydrogens is 264 g/mol. The highest BCUT2D eigenvalue weighted by molar-refractivity contribution is 5.92. The van der Waals surface area contributed by atoms with Crippen LogP contribution >= 0.6 is 0 Å². The number of ether oxygens (including phenoxy) is 2. The number of aliphatic hydroxyl groups is 2. The molecule has 0 aliphatic rings. The highest BCUT2D eigenvalue weighted by Crippen LogP contribution is 2.31. The molecule has 0 aliphatic heterocycles. The fourth-order valence-electron chi connectivity index (χ4n) is 0.962. The second-order valence-corrected chi connectivity index (χ2v) is 6.97. The quantitative estimate of drug-likeness (QED) is 0.593. The summed E-state index contributed by atoms with van der Waals surface area (Å²) in [6, 6.07) is 0. The molecule has 6 heteroatoms. The van der Waals surface area contributed by atoms with Crippen LogP contribution in [0.3, 0.4) is 0 Å². The highest BCUT2D eigenvalue weighted by Gasteiger charge is 2.45. The third kappa shape index (κ3) is 5.56. The average molecular weight is 290 g/mol. The lowest BCUT2D eigenvalue weighted by molar-refractivity contribution is -0.187. The van der Waals surface area contributed by atoms with Gasteiger partial charge in [-0.2, -0.15) is 0 Å². The minimum Gasteiger partial charge on any atom is -0.389 e. The van der Waals surface area contributed by atoms with Gasteiger partial charge in [0.1, 0.15) is 0 Å². The molecule has 0 aromatic carbocycles. The summed E-state index contributed by atoms with van der Waals surface area (Å²) in [5, 5.41) is 19.6. The lowest BCUT2D eigenvalue weighted by Crippen LogP contribution is -2.50. The molecule has 118 valence electrons. The fourth-order valence-corrected chi connectivity index (χ4v) is 0.962. The Balaban J connectivity index is 4.58. The van der Waals surface area contributed by atoms with E-state index in [1.54, 1.807) is 41.5 Å². The highest BCUT2D eigenvalue weighted by atomic mass is 16.6. The predicted octanol–water partition coefficient (Wildman–Crippen LogP) is 1.03. The molecule has 0 saturated heterocycles. The van der Waals surface area contributed by atoms with Crippen LogP contribution in [0.1, 0.15) is 48.5 Å². The van der Waals surface area contributed by atoms with E-state index in [1.807, 2.05) is 0 Å². The van der Waals surface area contributed by atoms with Crippen LogP contribution in [0.25, 0.3) is 0 Å². The van der Waals surface area contributed by atoms with E-state index < -0.39 is 34.7 Å². The minimum atomic E-state index is -1.84. The minimum absolute atomic E-state index is 0.284. The van der Waals surface area contributed by atoms with Gasteiger partial charge < -0.3 is 19.7 Å². The molecule has 6 nitrogen and oxygen atoms in total. The van der Waals surface area contributed by atoms with Gasteiger partial charge in [-0.25, -0.2) is 9.59 Å². The largest absolute Gasteiger partial charge is 0.389 e. The number of esters is 2. The Kier molecular flexibility index (Phi) is 5.89. The molecule has 0 aromatic rings. The van der Waals surface area contributed by atoms with Gasteiger partial charge in [-0.15, -0.1) is 0 Å². The fraction of sp³-hybridized carbons (Fsp3) is 0.857. The van der Waals surface area contributed by atoms with Crippen LogP contribution in [0, 0.1) is 5.41 Å². The average Bonchev–Trinajstić information content (AvgIpc) is 2.22. The molecule has 0 bridgehead atoms. The van der Waals surface area contributed by atoms with Crippen LogP contribution < -0.4 is 0 Å². The van der Waals surface area contributed by atoms with Gasteiger partial charge >= 0.3 is 11.9 Å². The topological polar surface area (TPSA) is 93.1 Å². The molecule has 0 aromatic heterocycles. The molecule has 20 heavy (non-hydrogen) atoms. The maximum absolute atomic E-state index is 11.8. The third-order valence-corrected chi connectivity index (χ3v) is 3.00. The molecule has 0 heterocycles. The van der Waals surface area contributed by atoms with Crippen molar-refractivity contribution in [1.29, 1.82) is 0 Å². The van der Waals surface area contributed by atoms with Crippen molar-refractivity contribution < 1.29 is 29.3 Å². The first kappa shape index (κ1) is 19.0. The summed E-state index contributed by atoms with van der Waals surface area (Å²) < 4.78 is 9.73. The zero-order chi connectivity index (χ0) is 16.4. The van der Waals surface area contributed by atoms with Crippen molar-refractivity contribution in [2.75, 3.05) is 6.61 Å². The van der Waals surface area contributed by atoms with E-state index in [-0.39, 0.29) is 6.61 Å². The summed E-state index contributed by atoms with van der Waals surface area (Å²) >= 11 is 0. The van der Waals surface area contributed by atoms with E-state index in [9.17, 15) is 19.8 Å². The van der Waals surface area contributed by atoms with Crippen molar-refractivity contribution >= 4 is 11.9 Å². The van der Waals surface area contributed by atoms with E-state index >= 15 is 0 Å². The summed E-state index contributed by atoms with van der Waals surface area (Å²) in [7, 11) is 0. The maximum Gasteiger partial charge on any atom is 0.346 e. The van der Waals surface area contributed by atoms with E-state index in [4.69, 9.17) is 4.74 Å². The van der Waals surface area contributed by atoms with Crippen molar-refractivity contribution in [2.45, 2.75) is 65.8 Å². The molecular formula is C14H26O6. The van der Waals surface area contributed by atoms with Crippen molar-refractivity contribution in [3.63, 3.8) is 0 Å². The third-order valence-electron chi connectivity index (χ3n) is 3.00. The van der Waals surface area contributed by atoms with Gasteiger partial charge in [-0.1, -0.05) is 20.8 Å². The van der Waals surface area contributed by atoms with E-state index in [0.29, 0.717) is 0 Å². The van der Waals surface area contributed by atoms with Crippen LogP contribution in [0.2, 0.25) is 0 Å². The molecule has 0 fully saturated rings. The van der Waals surface area contributed by atoms with Gasteiger partial charge in [0.15, 0.2) is 11.7 Å². The number of carbonyl (C=O) groups excluding carboxylic acids is 2. The number of hydrogen-bond donors (Lipinski definition) is 2. The lowest BCUT2D eigenvalue weighted by atomic mass is 9.78. The Morgan fingerprint density at radius 3 is 1.85 bits per heavy atom. The van der Waals surface area contributed by atoms with Crippen LogP contribution in [0.4, 0.5) is 0 Å². The van der Waals surface area contributed by atoms with E-state index in [2.05, 4.69) is 4.74 Å². The van der Waals surface area contributed by atoms with Crippen LogP contribution in [0.5, 0.6) is 0 Å². The lowest BCUT2D eigenvalue weighted by Gasteiger charge is -2.34. The summed E-state index contributed by atoms with van der Waals surface area (Å²) in [5.41, 5.74) is -3.17. The molecule has 2 atom stereocenters. The second-order valence-electron chi connectivity index (χ2n) is 6.97. The van der Waals surface area contributed by atoms with Crippen molar-refractivity contribution in [3.8, 4) is 0 Å². The van der Waals surface area contributed by atoms with E-state index in [0.717, 1.165) is 0 Å². The van der Waals surface area contributed by atoms with Gasteiger partial charge in [-0.3, -0.25) is 0 Å². The van der Waals surface area contributed by atoms with Gasteiger partial charge in [0.05, 0.1) is 12.2 Å². The standard InChI is InChI=1S/C14H26O6/c1-12(2,3)14(7,18)11(17)20-10(16)9(15)8-19-13(4,5)6/h9,15,18H,8H2,1-7H3. The van der Waals surface area contributed by atoms with E-state index in [1.165, 1.54) is 6.92 Å². The number of aliphatic hydroxyl groups excluding tert-OH is 1. The number of hydrogen-bond acceptors (Lipinski definition) is 6. The van der Waals surface area contributed by atoms with Gasteiger partial charge in [0.2, 0.25) is 0 Å². The summed E-state index contributed by atoms with van der Waals surface area (Å²) in [6.45, 7) is 11.2. The molecule has 0 radical (unpaired) electrons. The monoisotopic (exact) mass is 290 g/mol. The first-order chi connectivity index (χ1) is 8.68. The van der Waals surface area contributed by atoms with Crippen LogP contribution in [-0.2, 0) is 19.1 Å². The summed E-state index contributed by atoms with van der Waals surface area (Å²) in [5.74, 6) is -2.23. The van der Waals surface area contributed by atoms with Crippen molar-refractivity contribution in [1.82, 2.24) is 0 Å². The SMILES string of the molecule is CC(C)(C)OCC(O)C(=O)OC(=O)C(C)(O)C(C)(C)C. The molecule has 0 amide bonds. The first-order valence-electron chi connectivity index (χ1n) is 6.49. The smallest absolute Gasteiger partial charge is 0.346 e. The Labute approximate surface area is 120 Å². The maximum atomic E-state index is 11.8. The molecule has 2 unspecified atom stereocenters. The van der Waals surface area contributed by atoms with Gasteiger partial charge in [0, 0.05) is 5.41 Å². The molecule has 2 N–H and O–H groups in total. The van der Waals surface area contributed by atoms with Crippen LogP contribution in [0.15, 0.2) is 0 Å².